The Kier molecular flexibility index (Phi) is 3.65. The van der Waals surface area contributed by atoms with Crippen LogP contribution in [0.3, 0.4) is 0 Å². The minimum atomic E-state index is -0.334. The van der Waals surface area contributed by atoms with Crippen molar-refractivity contribution < 1.29 is 0 Å². The van der Waals surface area contributed by atoms with Crippen molar-refractivity contribution in [3.63, 3.8) is 0 Å². The molecule has 0 saturated heterocycles. The van der Waals surface area contributed by atoms with Crippen LogP contribution in [0.15, 0.2) is 39.6 Å². The van der Waals surface area contributed by atoms with Gasteiger partial charge in [-0.2, -0.15) is 0 Å². The first-order chi connectivity index (χ1) is 9.94. The van der Waals surface area contributed by atoms with Crippen molar-refractivity contribution >= 4 is 38.6 Å². The monoisotopic (exact) mass is 365 g/mol. The van der Waals surface area contributed by atoms with Gasteiger partial charge in [0.25, 0.3) is 0 Å². The molecule has 0 amide bonds. The quantitative estimate of drug-likeness (QED) is 0.648. The summed E-state index contributed by atoms with van der Waals surface area (Å²) in [5.41, 5.74) is 10.5. The third-order valence-electron chi connectivity index (χ3n) is 3.39. The van der Waals surface area contributed by atoms with Crippen LogP contribution >= 0.6 is 27.5 Å². The van der Waals surface area contributed by atoms with Crippen molar-refractivity contribution in [2.75, 3.05) is 0 Å². The first kappa shape index (κ1) is 14.4. The van der Waals surface area contributed by atoms with E-state index < -0.39 is 0 Å². The molecule has 1 atom stereocenters. The van der Waals surface area contributed by atoms with Gasteiger partial charge in [0, 0.05) is 9.50 Å². The van der Waals surface area contributed by atoms with E-state index in [4.69, 9.17) is 17.3 Å². The van der Waals surface area contributed by atoms with E-state index in [2.05, 4.69) is 25.9 Å². The van der Waals surface area contributed by atoms with Gasteiger partial charge in [-0.3, -0.25) is 0 Å². The summed E-state index contributed by atoms with van der Waals surface area (Å²) in [6, 6.07) is 9.14. The molecule has 0 aliphatic heterocycles. The topological polar surface area (TPSA) is 74.7 Å². The van der Waals surface area contributed by atoms with E-state index in [1.54, 1.807) is 0 Å². The average molecular weight is 367 g/mol. The van der Waals surface area contributed by atoms with E-state index in [9.17, 15) is 4.79 Å². The van der Waals surface area contributed by atoms with Crippen molar-refractivity contribution in [2.24, 2.45) is 5.73 Å². The molecular formula is C15H13BrClN3O. The summed E-state index contributed by atoms with van der Waals surface area (Å²) < 4.78 is 0.843. The Morgan fingerprint density at radius 2 is 1.81 bits per heavy atom. The fourth-order valence-corrected chi connectivity index (χ4v) is 3.32. The molecule has 1 aromatic heterocycles. The zero-order valence-corrected chi connectivity index (χ0v) is 13.5. The smallest absolute Gasteiger partial charge is 0.320 e. The molecule has 21 heavy (non-hydrogen) atoms. The predicted molar refractivity (Wildman–Crippen MR) is 88.8 cm³/mol. The maximum Gasteiger partial charge on any atom is 0.323 e. The molecule has 4 nitrogen and oxygen atoms in total. The second-order valence-electron chi connectivity index (χ2n) is 5.04. The van der Waals surface area contributed by atoms with Crippen LogP contribution in [0.25, 0.3) is 11.0 Å². The number of rotatable bonds is 2. The summed E-state index contributed by atoms with van der Waals surface area (Å²) >= 11 is 9.61. The number of aromatic nitrogens is 2. The molecular weight excluding hydrogens is 354 g/mol. The second kappa shape index (κ2) is 5.33. The largest absolute Gasteiger partial charge is 0.323 e. The minimum absolute atomic E-state index is 0.235. The molecule has 0 spiro atoms. The van der Waals surface area contributed by atoms with E-state index in [-0.39, 0.29) is 11.7 Å². The molecule has 6 heteroatoms. The lowest BCUT2D eigenvalue weighted by Crippen LogP contribution is -2.12. The van der Waals surface area contributed by atoms with Gasteiger partial charge in [-0.15, -0.1) is 0 Å². The summed E-state index contributed by atoms with van der Waals surface area (Å²) in [6.07, 6.45) is 0. The highest BCUT2D eigenvalue weighted by Gasteiger charge is 2.15. The van der Waals surface area contributed by atoms with Gasteiger partial charge in [-0.25, -0.2) is 4.79 Å². The number of H-pyrrole nitrogens is 2. The standard InChI is InChI=1S/C15H13BrClN3O/c1-7-2-8(4-9(17)3-7)14(18)10-5-12-13(6-11(10)16)20-15(21)19-12/h2-6,14H,18H2,1H3,(H2,19,20,21). The molecule has 108 valence electrons. The van der Waals surface area contributed by atoms with Crippen molar-refractivity contribution in [3.05, 3.63) is 67.0 Å². The first-order valence-electron chi connectivity index (χ1n) is 6.38. The van der Waals surface area contributed by atoms with Gasteiger partial charge in [-0.1, -0.05) is 33.6 Å². The molecule has 2 aromatic carbocycles. The molecule has 0 saturated carbocycles. The zero-order chi connectivity index (χ0) is 15.1. The molecule has 1 unspecified atom stereocenters. The number of fused-ring (bicyclic) bond motifs is 1. The molecule has 0 aliphatic rings. The third kappa shape index (κ3) is 2.77. The number of aryl methyl sites for hydroxylation is 1. The number of benzene rings is 2. The highest BCUT2D eigenvalue weighted by Crippen LogP contribution is 2.31. The van der Waals surface area contributed by atoms with Crippen LogP contribution in [-0.4, -0.2) is 9.97 Å². The molecule has 0 radical (unpaired) electrons. The van der Waals surface area contributed by atoms with Gasteiger partial charge < -0.3 is 15.7 Å². The number of imidazole rings is 1. The summed E-state index contributed by atoms with van der Waals surface area (Å²) in [4.78, 5) is 16.8. The first-order valence-corrected chi connectivity index (χ1v) is 7.55. The van der Waals surface area contributed by atoms with Crippen LogP contribution < -0.4 is 11.4 Å². The molecule has 3 rings (SSSR count). The summed E-state index contributed by atoms with van der Waals surface area (Å²) in [5.74, 6) is 0. The van der Waals surface area contributed by atoms with Crippen LogP contribution in [-0.2, 0) is 0 Å². The lowest BCUT2D eigenvalue weighted by molar-refractivity contribution is 0.866. The van der Waals surface area contributed by atoms with Crippen molar-refractivity contribution in [2.45, 2.75) is 13.0 Å². The Morgan fingerprint density at radius 3 is 2.48 bits per heavy atom. The van der Waals surface area contributed by atoms with Gasteiger partial charge in [0.05, 0.1) is 17.1 Å². The van der Waals surface area contributed by atoms with Crippen molar-refractivity contribution in [3.8, 4) is 0 Å². The fourth-order valence-electron chi connectivity index (χ4n) is 2.43. The molecule has 0 fully saturated rings. The van der Waals surface area contributed by atoms with E-state index in [0.717, 1.165) is 32.2 Å². The van der Waals surface area contributed by atoms with Crippen molar-refractivity contribution in [1.29, 1.82) is 0 Å². The van der Waals surface area contributed by atoms with E-state index in [1.807, 2.05) is 37.3 Å². The number of halogens is 2. The van der Waals surface area contributed by atoms with Crippen LogP contribution in [0.2, 0.25) is 5.02 Å². The number of aromatic amines is 2. The third-order valence-corrected chi connectivity index (χ3v) is 4.30. The van der Waals surface area contributed by atoms with Crippen LogP contribution in [0, 0.1) is 6.92 Å². The summed E-state index contributed by atoms with van der Waals surface area (Å²) in [5, 5.41) is 0.660. The lowest BCUT2D eigenvalue weighted by atomic mass is 9.98. The summed E-state index contributed by atoms with van der Waals surface area (Å²) in [7, 11) is 0. The normalized spacial score (nSPS) is 12.8. The zero-order valence-electron chi connectivity index (χ0n) is 11.2. The highest BCUT2D eigenvalue weighted by molar-refractivity contribution is 9.10. The molecule has 3 aromatic rings. The van der Waals surface area contributed by atoms with E-state index in [0.29, 0.717) is 5.02 Å². The Balaban J connectivity index is 2.13. The fraction of sp³-hybridized carbons (Fsp3) is 0.133. The minimum Gasteiger partial charge on any atom is -0.320 e. The molecule has 1 heterocycles. The maximum absolute atomic E-state index is 11.4. The second-order valence-corrected chi connectivity index (χ2v) is 6.33. The number of nitrogens with one attached hydrogen (secondary N) is 2. The van der Waals surface area contributed by atoms with Gasteiger partial charge in [0.2, 0.25) is 0 Å². The Hall–Kier alpha value is -1.56. The molecule has 4 N–H and O–H groups in total. The van der Waals surface area contributed by atoms with E-state index in [1.165, 1.54) is 0 Å². The Morgan fingerprint density at radius 1 is 1.14 bits per heavy atom. The van der Waals surface area contributed by atoms with Crippen LogP contribution in [0.5, 0.6) is 0 Å². The number of nitrogens with two attached hydrogens (primary N) is 1. The van der Waals surface area contributed by atoms with Gasteiger partial charge >= 0.3 is 5.69 Å². The van der Waals surface area contributed by atoms with Crippen LogP contribution in [0.4, 0.5) is 0 Å². The van der Waals surface area contributed by atoms with Gasteiger partial charge in [0.1, 0.15) is 0 Å². The lowest BCUT2D eigenvalue weighted by Gasteiger charge is -2.15. The number of hydrogen-bond donors (Lipinski definition) is 3. The van der Waals surface area contributed by atoms with E-state index >= 15 is 0 Å². The molecule has 0 bridgehead atoms. The van der Waals surface area contributed by atoms with Gasteiger partial charge in [-0.05, 0) is 47.9 Å². The predicted octanol–water partition coefficient (Wildman–Crippen LogP) is 3.63. The highest BCUT2D eigenvalue weighted by atomic mass is 79.9. The average Bonchev–Trinajstić information content (AvgIpc) is 2.75. The van der Waals surface area contributed by atoms with Gasteiger partial charge in [0.15, 0.2) is 0 Å². The Bertz CT molecular complexity index is 864. The Labute approximate surface area is 134 Å². The summed E-state index contributed by atoms with van der Waals surface area (Å²) in [6.45, 7) is 1.98. The molecule has 0 aliphatic carbocycles. The maximum atomic E-state index is 11.4. The van der Waals surface area contributed by atoms with Crippen molar-refractivity contribution in [1.82, 2.24) is 9.97 Å². The SMILES string of the molecule is Cc1cc(Cl)cc(C(N)c2cc3[nH]c(=O)[nH]c3cc2Br)c1. The number of hydrogen-bond acceptors (Lipinski definition) is 2. The van der Waals surface area contributed by atoms with Crippen LogP contribution in [0.1, 0.15) is 22.7 Å².